The summed E-state index contributed by atoms with van der Waals surface area (Å²) in [5.74, 6) is -1.41. The smallest absolute Gasteiger partial charge is 0.150 e. The van der Waals surface area contributed by atoms with Gasteiger partial charge in [0.15, 0.2) is 0 Å². The number of nitrogens with two attached hydrogens (primary N) is 1. The molecule has 0 spiro atoms. The van der Waals surface area contributed by atoms with Crippen LogP contribution in [0.4, 0.5) is 14.5 Å². The molecule has 0 bridgehead atoms. The van der Waals surface area contributed by atoms with Crippen molar-refractivity contribution in [1.29, 1.82) is 0 Å². The molecule has 0 amide bonds. The molecule has 3 N–H and O–H groups in total. The predicted octanol–water partition coefficient (Wildman–Crippen LogP) is 2.05. The molecule has 1 aromatic rings. The van der Waals surface area contributed by atoms with Gasteiger partial charge in [0.05, 0.1) is 0 Å². The van der Waals surface area contributed by atoms with Crippen LogP contribution in [0.15, 0.2) is 12.1 Å². The van der Waals surface area contributed by atoms with E-state index in [9.17, 15) is 8.78 Å². The standard InChI is InChI=1S/C11H14F2N2OS/c1-16-4-2-3-15-10-8(12)5-7(11(14)17)6-9(10)13/h5-6,15H,2-4H2,1H3,(H2,14,17). The zero-order valence-corrected chi connectivity index (χ0v) is 10.2. The SMILES string of the molecule is COCCCNc1c(F)cc(C(N)=S)cc1F. The number of halogens is 2. The molecular weight excluding hydrogens is 246 g/mol. The maximum Gasteiger partial charge on any atom is 0.150 e. The van der Waals surface area contributed by atoms with Gasteiger partial charge in [-0.1, -0.05) is 12.2 Å². The summed E-state index contributed by atoms with van der Waals surface area (Å²) < 4.78 is 31.9. The van der Waals surface area contributed by atoms with Crippen LogP contribution in [0, 0.1) is 11.6 Å². The normalized spacial score (nSPS) is 10.3. The molecule has 6 heteroatoms. The van der Waals surface area contributed by atoms with Crippen molar-refractivity contribution in [2.24, 2.45) is 5.73 Å². The second kappa shape index (κ2) is 6.46. The van der Waals surface area contributed by atoms with Crippen molar-refractivity contribution in [2.75, 3.05) is 25.6 Å². The topological polar surface area (TPSA) is 47.3 Å². The van der Waals surface area contributed by atoms with Gasteiger partial charge in [0.2, 0.25) is 0 Å². The van der Waals surface area contributed by atoms with Crippen LogP contribution in [0.1, 0.15) is 12.0 Å². The number of rotatable bonds is 6. The van der Waals surface area contributed by atoms with Crippen molar-refractivity contribution in [3.63, 3.8) is 0 Å². The molecule has 0 radical (unpaired) electrons. The summed E-state index contributed by atoms with van der Waals surface area (Å²) in [6.07, 6.45) is 0.659. The third-order valence-corrected chi connectivity index (χ3v) is 2.39. The largest absolute Gasteiger partial charge is 0.389 e. The summed E-state index contributed by atoms with van der Waals surface area (Å²) in [6.45, 7) is 0.954. The van der Waals surface area contributed by atoms with Crippen molar-refractivity contribution in [2.45, 2.75) is 6.42 Å². The second-order valence-electron chi connectivity index (χ2n) is 3.45. The van der Waals surface area contributed by atoms with Crippen molar-refractivity contribution in [3.05, 3.63) is 29.3 Å². The number of hydrogen-bond donors (Lipinski definition) is 2. The fourth-order valence-corrected chi connectivity index (χ4v) is 1.43. The van der Waals surface area contributed by atoms with Crippen LogP contribution in [0.25, 0.3) is 0 Å². The molecule has 0 saturated heterocycles. The van der Waals surface area contributed by atoms with E-state index in [0.717, 1.165) is 12.1 Å². The third kappa shape index (κ3) is 3.90. The summed E-state index contributed by atoms with van der Waals surface area (Å²) >= 11 is 4.65. The van der Waals surface area contributed by atoms with E-state index in [1.807, 2.05) is 0 Å². The molecule has 0 unspecified atom stereocenters. The lowest BCUT2D eigenvalue weighted by atomic mass is 10.2. The number of hydrogen-bond acceptors (Lipinski definition) is 3. The Bertz CT molecular complexity index is 389. The van der Waals surface area contributed by atoms with E-state index in [4.69, 9.17) is 10.5 Å². The first-order valence-electron chi connectivity index (χ1n) is 5.08. The van der Waals surface area contributed by atoms with Gasteiger partial charge in [0.1, 0.15) is 22.3 Å². The van der Waals surface area contributed by atoms with E-state index in [2.05, 4.69) is 17.5 Å². The average Bonchev–Trinajstić information content (AvgIpc) is 2.26. The highest BCUT2D eigenvalue weighted by atomic mass is 32.1. The Morgan fingerprint density at radius 3 is 2.47 bits per heavy atom. The molecule has 17 heavy (non-hydrogen) atoms. The molecule has 0 aliphatic rings. The lowest BCUT2D eigenvalue weighted by Gasteiger charge is -2.10. The Labute approximate surface area is 104 Å². The summed E-state index contributed by atoms with van der Waals surface area (Å²) in [7, 11) is 1.57. The molecule has 0 saturated carbocycles. The lowest BCUT2D eigenvalue weighted by molar-refractivity contribution is 0.197. The van der Waals surface area contributed by atoms with Crippen molar-refractivity contribution in [3.8, 4) is 0 Å². The first-order valence-corrected chi connectivity index (χ1v) is 5.48. The second-order valence-corrected chi connectivity index (χ2v) is 3.89. The summed E-state index contributed by atoms with van der Waals surface area (Å²) in [5.41, 5.74) is 5.31. The van der Waals surface area contributed by atoms with Crippen LogP contribution in [0.5, 0.6) is 0 Å². The summed E-state index contributed by atoms with van der Waals surface area (Å²) in [5, 5.41) is 2.67. The number of thiocarbonyl (C=S) groups is 1. The van der Waals surface area contributed by atoms with Gasteiger partial charge >= 0.3 is 0 Å². The fraction of sp³-hybridized carbons (Fsp3) is 0.364. The fourth-order valence-electron chi connectivity index (χ4n) is 1.31. The number of nitrogens with one attached hydrogen (secondary N) is 1. The first kappa shape index (κ1) is 13.8. The molecule has 0 fully saturated rings. The van der Waals surface area contributed by atoms with Crippen LogP contribution in [0.3, 0.4) is 0 Å². The van der Waals surface area contributed by atoms with Gasteiger partial charge in [-0.05, 0) is 18.6 Å². The number of methoxy groups -OCH3 is 1. The number of anilines is 1. The molecule has 1 rings (SSSR count). The minimum Gasteiger partial charge on any atom is -0.389 e. The zero-order valence-electron chi connectivity index (χ0n) is 9.43. The Morgan fingerprint density at radius 2 is 2.00 bits per heavy atom. The molecule has 3 nitrogen and oxygen atoms in total. The predicted molar refractivity (Wildman–Crippen MR) is 67.2 cm³/mol. The summed E-state index contributed by atoms with van der Waals surface area (Å²) in [6, 6.07) is 2.23. The highest BCUT2D eigenvalue weighted by molar-refractivity contribution is 7.80. The van der Waals surface area contributed by atoms with Crippen LogP contribution in [0.2, 0.25) is 0 Å². The van der Waals surface area contributed by atoms with Gasteiger partial charge < -0.3 is 15.8 Å². The van der Waals surface area contributed by atoms with Gasteiger partial charge in [-0.15, -0.1) is 0 Å². The Balaban J connectivity index is 2.76. The van der Waals surface area contributed by atoms with E-state index in [1.54, 1.807) is 7.11 Å². The van der Waals surface area contributed by atoms with Crippen molar-refractivity contribution >= 4 is 22.9 Å². The minimum atomic E-state index is -0.704. The summed E-state index contributed by atoms with van der Waals surface area (Å²) in [4.78, 5) is -0.0336. The molecule has 0 atom stereocenters. The van der Waals surface area contributed by atoms with Crippen LogP contribution < -0.4 is 11.1 Å². The molecule has 0 aliphatic heterocycles. The van der Waals surface area contributed by atoms with Crippen LogP contribution >= 0.6 is 12.2 Å². The third-order valence-electron chi connectivity index (χ3n) is 2.15. The van der Waals surface area contributed by atoms with Gasteiger partial charge in [0.25, 0.3) is 0 Å². The molecule has 0 aliphatic carbocycles. The highest BCUT2D eigenvalue weighted by Gasteiger charge is 2.11. The van der Waals surface area contributed by atoms with Crippen molar-refractivity contribution in [1.82, 2.24) is 0 Å². The molecule has 0 aromatic heterocycles. The van der Waals surface area contributed by atoms with Crippen LogP contribution in [-0.4, -0.2) is 25.2 Å². The van der Waals surface area contributed by atoms with E-state index in [-0.39, 0.29) is 16.2 Å². The van der Waals surface area contributed by atoms with Crippen molar-refractivity contribution < 1.29 is 13.5 Å². The zero-order chi connectivity index (χ0) is 12.8. The number of ether oxygens (including phenoxy) is 1. The van der Waals surface area contributed by atoms with Gasteiger partial charge in [-0.2, -0.15) is 0 Å². The Hall–Kier alpha value is -1.27. The minimum absolute atomic E-state index is 0.0336. The van der Waals surface area contributed by atoms with Gasteiger partial charge in [-0.25, -0.2) is 8.78 Å². The Kier molecular flexibility index (Phi) is 5.24. The average molecular weight is 260 g/mol. The van der Waals surface area contributed by atoms with E-state index in [0.29, 0.717) is 19.6 Å². The van der Waals surface area contributed by atoms with E-state index in [1.165, 1.54) is 0 Å². The van der Waals surface area contributed by atoms with E-state index >= 15 is 0 Å². The first-order chi connectivity index (χ1) is 8.06. The lowest BCUT2D eigenvalue weighted by Crippen LogP contribution is -2.13. The molecule has 94 valence electrons. The Morgan fingerprint density at radius 1 is 1.41 bits per heavy atom. The van der Waals surface area contributed by atoms with Crippen LogP contribution in [-0.2, 0) is 4.74 Å². The monoisotopic (exact) mass is 260 g/mol. The maximum atomic E-state index is 13.5. The number of benzene rings is 1. The van der Waals surface area contributed by atoms with Gasteiger partial charge in [0, 0.05) is 25.8 Å². The highest BCUT2D eigenvalue weighted by Crippen LogP contribution is 2.20. The molecule has 0 heterocycles. The maximum absolute atomic E-state index is 13.5. The quantitative estimate of drug-likeness (QED) is 0.607. The van der Waals surface area contributed by atoms with Gasteiger partial charge in [-0.3, -0.25) is 0 Å². The molecular formula is C11H14F2N2OS. The van der Waals surface area contributed by atoms with E-state index < -0.39 is 11.6 Å². The molecule has 1 aromatic carbocycles.